The number of nitro groups is 1. The van der Waals surface area contributed by atoms with Crippen molar-refractivity contribution in [3.05, 3.63) is 33.4 Å². The van der Waals surface area contributed by atoms with Gasteiger partial charge in [0.2, 0.25) is 0 Å². The molecular weight excluding hydrogens is 232 g/mol. The molecule has 1 aromatic rings. The summed E-state index contributed by atoms with van der Waals surface area (Å²) in [5.41, 5.74) is -0.265. The van der Waals surface area contributed by atoms with Gasteiger partial charge in [0.05, 0.1) is 11.3 Å². The lowest BCUT2D eigenvalue weighted by atomic mass is 10.1. The SMILES string of the molecule is N#Cc1cc(CC(=O)O)c(S)cc1[N+](=O)[O-]. The lowest BCUT2D eigenvalue weighted by Gasteiger charge is -2.03. The second-order valence-corrected chi connectivity index (χ2v) is 3.42. The van der Waals surface area contributed by atoms with Crippen molar-refractivity contribution in [3.8, 4) is 6.07 Å². The van der Waals surface area contributed by atoms with E-state index in [9.17, 15) is 14.9 Å². The summed E-state index contributed by atoms with van der Waals surface area (Å²) in [6.07, 6.45) is -0.328. The number of thiol groups is 1. The van der Waals surface area contributed by atoms with Crippen molar-refractivity contribution in [3.63, 3.8) is 0 Å². The van der Waals surface area contributed by atoms with Crippen LogP contribution in [0.15, 0.2) is 17.0 Å². The molecule has 0 saturated carbocycles. The van der Waals surface area contributed by atoms with E-state index in [2.05, 4.69) is 12.6 Å². The Morgan fingerprint density at radius 2 is 2.25 bits per heavy atom. The van der Waals surface area contributed by atoms with Crippen LogP contribution in [0.3, 0.4) is 0 Å². The molecular formula is C9H6N2O4S. The lowest BCUT2D eigenvalue weighted by molar-refractivity contribution is -0.385. The van der Waals surface area contributed by atoms with Crippen LogP contribution in [0.25, 0.3) is 0 Å². The fourth-order valence-electron chi connectivity index (χ4n) is 1.17. The number of carboxylic acid groups (broad SMARTS) is 1. The highest BCUT2D eigenvalue weighted by atomic mass is 32.1. The summed E-state index contributed by atoms with van der Waals surface area (Å²) in [4.78, 5) is 20.5. The van der Waals surface area contributed by atoms with Crippen molar-refractivity contribution >= 4 is 24.3 Å². The normalized spacial score (nSPS) is 9.50. The van der Waals surface area contributed by atoms with E-state index in [1.54, 1.807) is 6.07 Å². The van der Waals surface area contributed by atoms with Crippen LogP contribution in [0.2, 0.25) is 0 Å². The summed E-state index contributed by atoms with van der Waals surface area (Å²) in [6, 6.07) is 3.91. The van der Waals surface area contributed by atoms with E-state index in [1.807, 2.05) is 0 Å². The minimum atomic E-state index is -1.09. The fraction of sp³-hybridized carbons (Fsp3) is 0.111. The zero-order valence-electron chi connectivity index (χ0n) is 7.88. The molecule has 1 rings (SSSR count). The number of carbonyl (C=O) groups is 1. The van der Waals surface area contributed by atoms with Gasteiger partial charge in [0.25, 0.3) is 5.69 Å². The number of aliphatic carboxylic acids is 1. The average Bonchev–Trinajstić information content (AvgIpc) is 2.19. The summed E-state index contributed by atoms with van der Waals surface area (Å²) in [5.74, 6) is -1.09. The van der Waals surface area contributed by atoms with Crippen molar-refractivity contribution in [1.29, 1.82) is 5.26 Å². The summed E-state index contributed by atoms with van der Waals surface area (Å²) in [7, 11) is 0. The molecule has 6 nitrogen and oxygen atoms in total. The summed E-state index contributed by atoms with van der Waals surface area (Å²) in [6.45, 7) is 0. The Morgan fingerprint density at radius 1 is 1.62 bits per heavy atom. The molecule has 0 aliphatic rings. The molecule has 0 spiro atoms. The second kappa shape index (κ2) is 4.63. The Labute approximate surface area is 95.7 Å². The smallest absolute Gasteiger partial charge is 0.307 e. The van der Waals surface area contributed by atoms with E-state index in [0.29, 0.717) is 0 Å². The summed E-state index contributed by atoms with van der Waals surface area (Å²) in [5, 5.41) is 27.8. The molecule has 0 bridgehead atoms. The van der Waals surface area contributed by atoms with Crippen LogP contribution in [0.5, 0.6) is 0 Å². The average molecular weight is 238 g/mol. The zero-order valence-corrected chi connectivity index (χ0v) is 8.77. The topological polar surface area (TPSA) is 104 Å². The number of nitriles is 1. The van der Waals surface area contributed by atoms with Crippen LogP contribution in [-0.2, 0) is 11.2 Å². The molecule has 0 amide bonds. The summed E-state index contributed by atoms with van der Waals surface area (Å²) < 4.78 is 0. The highest BCUT2D eigenvalue weighted by Crippen LogP contribution is 2.25. The number of nitro benzene ring substituents is 1. The highest BCUT2D eigenvalue weighted by Gasteiger charge is 2.17. The molecule has 0 atom stereocenters. The number of hydrogen-bond acceptors (Lipinski definition) is 5. The third-order valence-electron chi connectivity index (χ3n) is 1.86. The number of benzene rings is 1. The van der Waals surface area contributed by atoms with Gasteiger partial charge in [-0.3, -0.25) is 14.9 Å². The standard InChI is InChI=1S/C9H6N2O4S/c10-4-6-1-5(2-9(12)13)8(16)3-7(6)11(14)15/h1,3,16H,2H2,(H,12,13). The van der Waals surface area contributed by atoms with Crippen LogP contribution < -0.4 is 0 Å². The van der Waals surface area contributed by atoms with Gasteiger partial charge in [0, 0.05) is 11.0 Å². The fourth-order valence-corrected chi connectivity index (χ4v) is 1.43. The lowest BCUT2D eigenvalue weighted by Crippen LogP contribution is -2.03. The molecule has 16 heavy (non-hydrogen) atoms. The third kappa shape index (κ3) is 2.49. The Kier molecular flexibility index (Phi) is 3.48. The maximum absolute atomic E-state index is 10.6. The van der Waals surface area contributed by atoms with Gasteiger partial charge in [-0.15, -0.1) is 12.6 Å². The van der Waals surface area contributed by atoms with E-state index >= 15 is 0 Å². The van der Waals surface area contributed by atoms with Crippen LogP contribution in [0.1, 0.15) is 11.1 Å². The minimum Gasteiger partial charge on any atom is -0.481 e. The minimum absolute atomic E-state index is 0.168. The van der Waals surface area contributed by atoms with Crippen LogP contribution in [0, 0.1) is 21.4 Å². The van der Waals surface area contributed by atoms with Crippen LogP contribution in [0.4, 0.5) is 5.69 Å². The Morgan fingerprint density at radius 3 is 2.69 bits per heavy atom. The number of nitrogens with zero attached hydrogens (tertiary/aromatic N) is 2. The van der Waals surface area contributed by atoms with Gasteiger partial charge in [-0.1, -0.05) is 0 Å². The Balaban J connectivity index is 3.32. The Bertz CT molecular complexity index is 507. The maximum Gasteiger partial charge on any atom is 0.307 e. The number of carboxylic acids is 1. The molecule has 7 heteroatoms. The van der Waals surface area contributed by atoms with E-state index in [4.69, 9.17) is 10.4 Å². The van der Waals surface area contributed by atoms with Gasteiger partial charge in [0.15, 0.2) is 0 Å². The molecule has 0 radical (unpaired) electrons. The van der Waals surface area contributed by atoms with Crippen molar-refractivity contribution in [2.75, 3.05) is 0 Å². The van der Waals surface area contributed by atoms with E-state index in [1.165, 1.54) is 6.07 Å². The maximum atomic E-state index is 10.6. The van der Waals surface area contributed by atoms with Crippen molar-refractivity contribution in [1.82, 2.24) is 0 Å². The first kappa shape index (κ1) is 12.0. The quantitative estimate of drug-likeness (QED) is 0.470. The molecule has 1 N–H and O–H groups in total. The first-order chi connectivity index (χ1) is 7.45. The predicted molar refractivity (Wildman–Crippen MR) is 56.4 cm³/mol. The van der Waals surface area contributed by atoms with E-state index < -0.39 is 10.9 Å². The van der Waals surface area contributed by atoms with Crippen LogP contribution in [-0.4, -0.2) is 16.0 Å². The van der Waals surface area contributed by atoms with Gasteiger partial charge in [-0.05, 0) is 11.6 Å². The van der Waals surface area contributed by atoms with Crippen molar-refractivity contribution in [2.45, 2.75) is 11.3 Å². The third-order valence-corrected chi connectivity index (χ3v) is 2.27. The van der Waals surface area contributed by atoms with Gasteiger partial charge in [-0.25, -0.2) is 0 Å². The first-order valence-corrected chi connectivity index (χ1v) is 4.52. The van der Waals surface area contributed by atoms with E-state index in [0.717, 1.165) is 6.07 Å². The number of rotatable bonds is 3. The molecule has 0 heterocycles. The monoisotopic (exact) mass is 238 g/mol. The molecule has 1 aromatic carbocycles. The molecule has 0 saturated heterocycles. The van der Waals surface area contributed by atoms with Crippen molar-refractivity contribution in [2.24, 2.45) is 0 Å². The highest BCUT2D eigenvalue weighted by molar-refractivity contribution is 7.80. The van der Waals surface area contributed by atoms with E-state index in [-0.39, 0.29) is 28.1 Å². The largest absolute Gasteiger partial charge is 0.481 e. The van der Waals surface area contributed by atoms with Gasteiger partial charge >= 0.3 is 5.97 Å². The molecule has 82 valence electrons. The van der Waals surface area contributed by atoms with Gasteiger partial charge in [-0.2, -0.15) is 5.26 Å². The second-order valence-electron chi connectivity index (χ2n) is 2.94. The van der Waals surface area contributed by atoms with Gasteiger partial charge in [0.1, 0.15) is 11.6 Å². The number of hydrogen-bond donors (Lipinski definition) is 2. The zero-order chi connectivity index (χ0) is 12.3. The molecule has 0 unspecified atom stereocenters. The predicted octanol–water partition coefficient (Wildman–Crippen LogP) is 1.38. The molecule has 0 fully saturated rings. The molecule has 0 aliphatic carbocycles. The molecule has 0 aliphatic heterocycles. The van der Waals surface area contributed by atoms with Crippen molar-refractivity contribution < 1.29 is 14.8 Å². The molecule has 0 aromatic heterocycles. The summed E-state index contributed by atoms with van der Waals surface area (Å²) >= 11 is 3.95. The van der Waals surface area contributed by atoms with Crippen LogP contribution >= 0.6 is 12.6 Å². The first-order valence-electron chi connectivity index (χ1n) is 4.08. The van der Waals surface area contributed by atoms with Gasteiger partial charge < -0.3 is 5.11 Å². The Hall–Kier alpha value is -2.07.